The van der Waals surface area contributed by atoms with Crippen LogP contribution in [-0.4, -0.2) is 25.5 Å². The van der Waals surface area contributed by atoms with Gasteiger partial charge in [-0.3, -0.25) is 0 Å². The second kappa shape index (κ2) is 7.87. The van der Waals surface area contributed by atoms with E-state index in [1.165, 1.54) is 6.08 Å². The number of hydrogen-bond donors (Lipinski definition) is 1. The molecule has 2 atom stereocenters. The third-order valence-corrected chi connectivity index (χ3v) is 10.3. The maximum atomic E-state index is 13.9. The Bertz CT molecular complexity index is 328. The fourth-order valence-corrected chi connectivity index (χ4v) is 8.26. The van der Waals surface area contributed by atoms with Crippen LogP contribution in [0.2, 0.25) is 16.6 Å². The van der Waals surface area contributed by atoms with E-state index in [1.807, 2.05) is 0 Å². The first-order valence-electron chi connectivity index (χ1n) is 7.17. The SMILES string of the molecule is C/C=C/C(O)C(F)C#C[Si](C(C)C)(C(C)C)C(C)C. The molecular weight excluding hydrogens is 255 g/mol. The van der Waals surface area contributed by atoms with Gasteiger partial charge in [0.25, 0.3) is 0 Å². The fraction of sp³-hybridized carbons (Fsp3) is 0.750. The largest absolute Gasteiger partial charge is 0.385 e. The zero-order valence-electron chi connectivity index (χ0n) is 13.4. The molecule has 0 aromatic heterocycles. The summed E-state index contributed by atoms with van der Waals surface area (Å²) < 4.78 is 13.9. The average Bonchev–Trinajstić information content (AvgIpc) is 2.28. The highest BCUT2D eigenvalue weighted by molar-refractivity contribution is 6.90. The molecule has 0 radical (unpaired) electrons. The van der Waals surface area contributed by atoms with Gasteiger partial charge in [0.15, 0.2) is 6.17 Å². The van der Waals surface area contributed by atoms with E-state index in [1.54, 1.807) is 13.0 Å². The van der Waals surface area contributed by atoms with Gasteiger partial charge in [0.05, 0.1) is 0 Å². The van der Waals surface area contributed by atoms with Gasteiger partial charge in [0.2, 0.25) is 0 Å². The van der Waals surface area contributed by atoms with Crippen molar-refractivity contribution in [2.45, 2.75) is 77.4 Å². The molecule has 2 unspecified atom stereocenters. The molecule has 0 heterocycles. The van der Waals surface area contributed by atoms with Gasteiger partial charge in [-0.2, -0.15) is 0 Å². The van der Waals surface area contributed by atoms with Gasteiger partial charge < -0.3 is 5.11 Å². The summed E-state index contributed by atoms with van der Waals surface area (Å²) in [5.41, 5.74) is 4.72. The summed E-state index contributed by atoms with van der Waals surface area (Å²) in [5, 5.41) is 9.58. The molecule has 0 aromatic carbocycles. The minimum atomic E-state index is -1.90. The van der Waals surface area contributed by atoms with Gasteiger partial charge in [0.1, 0.15) is 14.2 Å². The van der Waals surface area contributed by atoms with Crippen LogP contribution in [0.5, 0.6) is 0 Å². The average molecular weight is 284 g/mol. The van der Waals surface area contributed by atoms with Crippen LogP contribution in [0, 0.1) is 11.5 Å². The summed E-state index contributed by atoms with van der Waals surface area (Å²) in [6.45, 7) is 14.9. The molecule has 0 saturated carbocycles. The van der Waals surface area contributed by atoms with Crippen LogP contribution in [0.1, 0.15) is 48.5 Å². The normalized spacial score (nSPS) is 16.0. The zero-order valence-corrected chi connectivity index (χ0v) is 14.4. The van der Waals surface area contributed by atoms with Crippen LogP contribution in [0.15, 0.2) is 12.2 Å². The van der Waals surface area contributed by atoms with Crippen molar-refractivity contribution in [1.29, 1.82) is 0 Å². The van der Waals surface area contributed by atoms with Crippen LogP contribution in [0.4, 0.5) is 4.39 Å². The summed E-state index contributed by atoms with van der Waals surface area (Å²) in [7, 11) is -1.90. The second-order valence-electron chi connectivity index (χ2n) is 6.08. The third kappa shape index (κ3) is 4.47. The molecule has 0 aliphatic carbocycles. The summed E-state index contributed by atoms with van der Waals surface area (Å²) in [6.07, 6.45) is 0.495. The van der Waals surface area contributed by atoms with Crippen LogP contribution in [0.25, 0.3) is 0 Å². The quantitative estimate of drug-likeness (QED) is 0.448. The minimum absolute atomic E-state index is 0.478. The molecule has 0 fully saturated rings. The predicted molar refractivity (Wildman–Crippen MR) is 84.5 cm³/mol. The summed E-state index contributed by atoms with van der Waals surface area (Å²) in [5.74, 6) is 2.70. The number of allylic oxidation sites excluding steroid dienone is 1. The molecule has 0 rings (SSSR count). The fourth-order valence-electron chi connectivity index (χ4n) is 3.01. The van der Waals surface area contributed by atoms with Gasteiger partial charge in [-0.15, -0.1) is 5.54 Å². The Balaban J connectivity index is 5.36. The van der Waals surface area contributed by atoms with Gasteiger partial charge in [-0.25, -0.2) is 4.39 Å². The van der Waals surface area contributed by atoms with Crippen molar-refractivity contribution < 1.29 is 9.50 Å². The van der Waals surface area contributed by atoms with E-state index in [0.29, 0.717) is 16.6 Å². The lowest BCUT2D eigenvalue weighted by Gasteiger charge is -2.38. The predicted octanol–water partition coefficient (Wildman–Crippen LogP) is 4.48. The first-order valence-corrected chi connectivity index (χ1v) is 9.40. The lowest BCUT2D eigenvalue weighted by molar-refractivity contribution is 0.149. The van der Waals surface area contributed by atoms with Gasteiger partial charge in [0, 0.05) is 0 Å². The van der Waals surface area contributed by atoms with Crippen molar-refractivity contribution >= 4 is 8.07 Å². The summed E-state index contributed by atoms with van der Waals surface area (Å²) in [4.78, 5) is 0. The molecule has 0 aromatic rings. The molecule has 0 saturated heterocycles. The Morgan fingerprint density at radius 2 is 1.42 bits per heavy atom. The lowest BCUT2D eigenvalue weighted by atomic mass is 10.2. The van der Waals surface area contributed by atoms with Gasteiger partial charge in [-0.05, 0) is 23.5 Å². The highest BCUT2D eigenvalue weighted by Gasteiger charge is 2.41. The van der Waals surface area contributed by atoms with E-state index in [-0.39, 0.29) is 0 Å². The highest BCUT2D eigenvalue weighted by atomic mass is 28.3. The van der Waals surface area contributed by atoms with Gasteiger partial charge >= 0.3 is 0 Å². The second-order valence-corrected chi connectivity index (χ2v) is 11.7. The minimum Gasteiger partial charge on any atom is -0.385 e. The molecule has 19 heavy (non-hydrogen) atoms. The molecule has 0 bridgehead atoms. The van der Waals surface area contributed by atoms with Crippen LogP contribution >= 0.6 is 0 Å². The van der Waals surface area contributed by atoms with E-state index in [4.69, 9.17) is 0 Å². The molecule has 0 amide bonds. The smallest absolute Gasteiger partial charge is 0.189 e. The first-order chi connectivity index (χ1) is 8.70. The monoisotopic (exact) mass is 284 g/mol. The Morgan fingerprint density at radius 1 is 1.00 bits per heavy atom. The standard InChI is InChI=1S/C16H29FOSi/c1-8-9-16(18)15(17)10-11-19(12(2)3,13(4)5)14(6)7/h8-9,12-16,18H,1-7H3/b9-8+. The molecule has 1 nitrogen and oxygen atoms in total. The van der Waals surface area contributed by atoms with E-state index in [2.05, 4.69) is 53.0 Å². The number of hydrogen-bond acceptors (Lipinski definition) is 1. The van der Waals surface area contributed by atoms with Crippen LogP contribution in [-0.2, 0) is 0 Å². The van der Waals surface area contributed by atoms with Crippen LogP contribution in [0.3, 0.4) is 0 Å². The van der Waals surface area contributed by atoms with Crippen LogP contribution < -0.4 is 0 Å². The van der Waals surface area contributed by atoms with Crippen molar-refractivity contribution in [1.82, 2.24) is 0 Å². The number of alkyl halides is 1. The zero-order chi connectivity index (χ0) is 15.2. The third-order valence-electron chi connectivity index (χ3n) is 3.98. The number of rotatable bonds is 5. The Hall–Kier alpha value is -0.593. The lowest BCUT2D eigenvalue weighted by Crippen LogP contribution is -2.43. The Morgan fingerprint density at radius 3 is 1.74 bits per heavy atom. The summed E-state index contributed by atoms with van der Waals surface area (Å²) in [6, 6.07) is 0. The van der Waals surface area contributed by atoms with Crippen molar-refractivity contribution in [2.24, 2.45) is 0 Å². The van der Waals surface area contributed by atoms with Crippen molar-refractivity contribution in [3.8, 4) is 11.5 Å². The van der Waals surface area contributed by atoms with Crippen molar-refractivity contribution in [3.63, 3.8) is 0 Å². The summed E-state index contributed by atoms with van der Waals surface area (Å²) >= 11 is 0. The molecule has 0 aliphatic rings. The molecule has 110 valence electrons. The molecular formula is C16H29FOSi. The number of aliphatic hydroxyl groups excluding tert-OH is 1. The van der Waals surface area contributed by atoms with Crippen molar-refractivity contribution in [2.75, 3.05) is 0 Å². The molecule has 1 N–H and O–H groups in total. The maximum Gasteiger partial charge on any atom is 0.189 e. The Labute approximate surface area is 119 Å². The maximum absolute atomic E-state index is 13.9. The first kappa shape index (κ1) is 18.4. The van der Waals surface area contributed by atoms with Gasteiger partial charge in [-0.1, -0.05) is 59.6 Å². The molecule has 0 aliphatic heterocycles. The Kier molecular flexibility index (Phi) is 7.62. The van der Waals surface area contributed by atoms with E-state index in [0.717, 1.165) is 0 Å². The molecule has 0 spiro atoms. The topological polar surface area (TPSA) is 20.2 Å². The van der Waals surface area contributed by atoms with Crippen molar-refractivity contribution in [3.05, 3.63) is 12.2 Å². The van der Waals surface area contributed by atoms with E-state index in [9.17, 15) is 9.50 Å². The molecule has 3 heteroatoms. The van der Waals surface area contributed by atoms with E-state index >= 15 is 0 Å². The van der Waals surface area contributed by atoms with E-state index < -0.39 is 20.3 Å². The number of halogens is 1. The number of aliphatic hydroxyl groups is 1. The highest BCUT2D eigenvalue weighted by Crippen LogP contribution is 2.40.